The molecular weight excluding hydrogens is 435 g/mol. The third-order valence-electron chi connectivity index (χ3n) is 4.27. The normalized spacial score (nSPS) is 16.7. The zero-order valence-electron chi connectivity index (χ0n) is 14.8. The molecule has 138 valence electrons. The van der Waals surface area contributed by atoms with E-state index in [-0.39, 0.29) is 24.0 Å². The summed E-state index contributed by atoms with van der Waals surface area (Å²) in [5.74, 6) is 1.65. The molecule has 0 unspecified atom stereocenters. The van der Waals surface area contributed by atoms with Crippen molar-refractivity contribution in [2.75, 3.05) is 46.9 Å². The number of likely N-dealkylation sites (tertiary alicyclic amines) is 1. The first kappa shape index (κ1) is 21.7. The molecule has 5 nitrogen and oxygen atoms in total. The summed E-state index contributed by atoms with van der Waals surface area (Å²) in [4.78, 5) is 8.32. The smallest absolute Gasteiger partial charge is 0.190 e. The molecule has 1 aliphatic heterocycles. The van der Waals surface area contributed by atoms with E-state index in [1.54, 1.807) is 7.11 Å². The molecule has 0 aromatic carbocycles. The van der Waals surface area contributed by atoms with Gasteiger partial charge in [0.25, 0.3) is 0 Å². The Morgan fingerprint density at radius 1 is 1.38 bits per heavy atom. The molecule has 2 N–H and O–H groups in total. The lowest BCUT2D eigenvalue weighted by molar-refractivity contribution is 0.179. The number of guanidine groups is 1. The van der Waals surface area contributed by atoms with E-state index >= 15 is 0 Å². The van der Waals surface area contributed by atoms with Crippen molar-refractivity contribution in [3.8, 4) is 0 Å². The Morgan fingerprint density at radius 2 is 2.17 bits per heavy atom. The van der Waals surface area contributed by atoms with Crippen LogP contribution in [0.2, 0.25) is 0 Å². The zero-order chi connectivity index (χ0) is 16.3. The molecule has 0 amide bonds. The number of methoxy groups -OCH3 is 1. The van der Waals surface area contributed by atoms with Crippen LogP contribution in [0.4, 0.5) is 0 Å². The monoisotopic (exact) mass is 466 g/mol. The van der Waals surface area contributed by atoms with E-state index in [1.807, 2.05) is 18.4 Å². The maximum absolute atomic E-state index is 5.06. The lowest BCUT2D eigenvalue weighted by Crippen LogP contribution is -2.43. The van der Waals surface area contributed by atoms with Crippen molar-refractivity contribution in [2.45, 2.75) is 25.8 Å². The number of aliphatic imine (C=N–C) groups is 1. The second kappa shape index (κ2) is 12.9. The highest BCUT2D eigenvalue weighted by molar-refractivity contribution is 14.0. The lowest BCUT2D eigenvalue weighted by atomic mass is 9.97. The predicted molar refractivity (Wildman–Crippen MR) is 114 cm³/mol. The molecule has 0 aliphatic carbocycles. The average Bonchev–Trinajstić information content (AvgIpc) is 3.08. The van der Waals surface area contributed by atoms with Crippen molar-refractivity contribution in [2.24, 2.45) is 10.9 Å². The highest BCUT2D eigenvalue weighted by atomic mass is 127. The van der Waals surface area contributed by atoms with Crippen LogP contribution in [0.15, 0.2) is 22.5 Å². The molecular formula is C17H31IN4OS. The minimum absolute atomic E-state index is 0. The van der Waals surface area contributed by atoms with E-state index in [0.29, 0.717) is 0 Å². The van der Waals surface area contributed by atoms with Gasteiger partial charge in [-0.05, 0) is 49.7 Å². The molecule has 1 saturated heterocycles. The van der Waals surface area contributed by atoms with Crippen molar-refractivity contribution < 1.29 is 4.74 Å². The molecule has 0 spiro atoms. The number of halogens is 1. The van der Waals surface area contributed by atoms with E-state index in [1.165, 1.54) is 30.8 Å². The highest BCUT2D eigenvalue weighted by Gasteiger charge is 2.19. The van der Waals surface area contributed by atoms with Gasteiger partial charge in [-0.2, -0.15) is 0 Å². The summed E-state index contributed by atoms with van der Waals surface area (Å²) >= 11 is 1.86. The van der Waals surface area contributed by atoms with Crippen LogP contribution >= 0.6 is 35.3 Å². The van der Waals surface area contributed by atoms with Crippen LogP contribution < -0.4 is 10.6 Å². The molecule has 2 heterocycles. The van der Waals surface area contributed by atoms with E-state index in [9.17, 15) is 0 Å². The Bertz CT molecular complexity index is 447. The number of ether oxygens (including phenoxy) is 1. The second-order valence-electron chi connectivity index (χ2n) is 6.03. The van der Waals surface area contributed by atoms with Crippen LogP contribution in [0.3, 0.4) is 0 Å². The molecule has 2 rings (SSSR count). The van der Waals surface area contributed by atoms with E-state index < -0.39 is 0 Å². The van der Waals surface area contributed by atoms with Crippen molar-refractivity contribution >= 4 is 41.3 Å². The predicted octanol–water partition coefficient (Wildman–Crippen LogP) is 2.78. The molecule has 24 heavy (non-hydrogen) atoms. The summed E-state index contributed by atoms with van der Waals surface area (Å²) in [7, 11) is 3.56. The average molecular weight is 466 g/mol. The Kier molecular flexibility index (Phi) is 11.7. The number of piperidine rings is 1. The van der Waals surface area contributed by atoms with Gasteiger partial charge in [-0.1, -0.05) is 6.07 Å². The Labute approximate surface area is 167 Å². The number of hydrogen-bond donors (Lipinski definition) is 2. The van der Waals surface area contributed by atoms with Crippen LogP contribution in [-0.4, -0.2) is 57.8 Å². The van der Waals surface area contributed by atoms with Crippen LogP contribution in [0.25, 0.3) is 0 Å². The molecule has 1 aliphatic rings. The summed E-state index contributed by atoms with van der Waals surface area (Å²) in [6, 6.07) is 4.37. The summed E-state index contributed by atoms with van der Waals surface area (Å²) in [6.07, 6.45) is 3.52. The molecule has 0 saturated carbocycles. The van der Waals surface area contributed by atoms with Crippen molar-refractivity contribution in [3.05, 3.63) is 22.4 Å². The Hall–Kier alpha value is -0.380. The zero-order valence-corrected chi connectivity index (χ0v) is 17.9. The van der Waals surface area contributed by atoms with Crippen molar-refractivity contribution in [1.29, 1.82) is 0 Å². The third-order valence-corrected chi connectivity index (χ3v) is 5.13. The van der Waals surface area contributed by atoms with E-state index in [0.717, 1.165) is 44.5 Å². The van der Waals surface area contributed by atoms with Crippen LogP contribution in [0.1, 0.15) is 24.1 Å². The van der Waals surface area contributed by atoms with Crippen LogP contribution in [-0.2, 0) is 11.3 Å². The van der Waals surface area contributed by atoms with Gasteiger partial charge in [0.05, 0.1) is 0 Å². The number of nitrogens with one attached hydrogen (secondary N) is 2. The lowest BCUT2D eigenvalue weighted by Gasteiger charge is -2.32. The summed E-state index contributed by atoms with van der Waals surface area (Å²) in [5.41, 5.74) is 0. The number of hydrogen-bond acceptors (Lipinski definition) is 4. The fraction of sp³-hybridized carbons (Fsp3) is 0.706. The fourth-order valence-electron chi connectivity index (χ4n) is 2.86. The summed E-state index contributed by atoms with van der Waals surface area (Å²) in [5, 5.41) is 8.95. The number of rotatable bonds is 8. The quantitative estimate of drug-likeness (QED) is 0.268. The Balaban J connectivity index is 0.00000288. The van der Waals surface area contributed by atoms with Gasteiger partial charge >= 0.3 is 0 Å². The van der Waals surface area contributed by atoms with Gasteiger partial charge in [-0.25, -0.2) is 0 Å². The first-order valence-corrected chi connectivity index (χ1v) is 9.38. The Morgan fingerprint density at radius 3 is 2.79 bits per heavy atom. The minimum atomic E-state index is 0. The molecule has 1 aromatic rings. The largest absolute Gasteiger partial charge is 0.385 e. The van der Waals surface area contributed by atoms with Crippen molar-refractivity contribution in [3.63, 3.8) is 0 Å². The number of thiophene rings is 1. The molecule has 0 bridgehead atoms. The molecule has 0 atom stereocenters. The SMILES string of the molecule is CN=C(NCCCOC)NCC1CCN(Cc2cccs2)CC1.I. The first-order chi connectivity index (χ1) is 11.3. The molecule has 0 radical (unpaired) electrons. The van der Waals surface area contributed by atoms with Crippen LogP contribution in [0, 0.1) is 5.92 Å². The summed E-state index contributed by atoms with van der Waals surface area (Å²) in [6.45, 7) is 6.20. The third kappa shape index (κ3) is 8.13. The second-order valence-corrected chi connectivity index (χ2v) is 7.06. The highest BCUT2D eigenvalue weighted by Crippen LogP contribution is 2.20. The topological polar surface area (TPSA) is 48.9 Å². The van der Waals surface area contributed by atoms with Gasteiger partial charge in [0, 0.05) is 45.3 Å². The molecule has 1 fully saturated rings. The van der Waals surface area contributed by atoms with Gasteiger partial charge in [0.2, 0.25) is 0 Å². The van der Waals surface area contributed by atoms with Gasteiger partial charge in [0.15, 0.2) is 5.96 Å². The van der Waals surface area contributed by atoms with Gasteiger partial charge in [-0.3, -0.25) is 9.89 Å². The molecule has 1 aromatic heterocycles. The van der Waals surface area contributed by atoms with Crippen molar-refractivity contribution in [1.82, 2.24) is 15.5 Å². The maximum atomic E-state index is 5.06. The fourth-order valence-corrected chi connectivity index (χ4v) is 3.60. The van der Waals surface area contributed by atoms with Crippen LogP contribution in [0.5, 0.6) is 0 Å². The van der Waals surface area contributed by atoms with Gasteiger partial charge in [0.1, 0.15) is 0 Å². The van der Waals surface area contributed by atoms with Gasteiger partial charge in [-0.15, -0.1) is 35.3 Å². The van der Waals surface area contributed by atoms with Gasteiger partial charge < -0.3 is 15.4 Å². The minimum Gasteiger partial charge on any atom is -0.385 e. The summed E-state index contributed by atoms with van der Waals surface area (Å²) < 4.78 is 5.06. The maximum Gasteiger partial charge on any atom is 0.190 e. The van der Waals surface area contributed by atoms with E-state index in [2.05, 4.69) is 38.0 Å². The van der Waals surface area contributed by atoms with E-state index in [4.69, 9.17) is 4.74 Å². The first-order valence-electron chi connectivity index (χ1n) is 8.50. The standard InChI is InChI=1S/C17H30N4OS.HI/c1-18-17(19-8-4-11-22-2)20-13-15-6-9-21(10-7-15)14-16-5-3-12-23-16;/h3,5,12,15H,4,6-11,13-14H2,1-2H3,(H2,18,19,20);1H. The molecule has 7 heteroatoms. The number of nitrogens with zero attached hydrogens (tertiary/aromatic N) is 2.